The number of hydrogen-bond acceptors (Lipinski definition) is 2. The number of aliphatic hydroxyl groups excluding tert-OH is 1. The van der Waals surface area contributed by atoms with Gasteiger partial charge < -0.3 is 5.11 Å². The molecule has 0 aliphatic heterocycles. The van der Waals surface area contributed by atoms with E-state index < -0.39 is 0 Å². The van der Waals surface area contributed by atoms with E-state index in [0.717, 1.165) is 25.7 Å². The topological polar surface area (TPSA) is 37.3 Å². The Bertz CT molecular complexity index is 278. The number of hydrogen-bond donors (Lipinski definition) is 1. The van der Waals surface area contributed by atoms with Crippen LogP contribution in [0, 0.1) is 16.7 Å². The quantitative estimate of drug-likeness (QED) is 0.667. The predicted octanol–water partition coefficient (Wildman–Crippen LogP) is 2.54. The maximum absolute atomic E-state index is 11.6. The van der Waals surface area contributed by atoms with Crippen molar-refractivity contribution >= 4 is 5.78 Å². The molecule has 0 aromatic carbocycles. The molecule has 2 saturated carbocycles. The molecule has 2 fully saturated rings. The van der Waals surface area contributed by atoms with Gasteiger partial charge in [0.25, 0.3) is 0 Å². The fourth-order valence-electron chi connectivity index (χ4n) is 3.71. The standard InChI is InChI=1S/C13H22O2/c1-12(2)10-8-9(14)4-6-13(10,3)7-5-11(12)15/h10-11,15H,4-8H2,1-3H3/t10-,11+,13+/m1/s1. The molecule has 0 aromatic heterocycles. The summed E-state index contributed by atoms with van der Waals surface area (Å²) in [6.45, 7) is 6.55. The van der Waals surface area contributed by atoms with E-state index in [9.17, 15) is 9.90 Å². The number of Topliss-reactive ketones (excluding diaryl/α,β-unsaturated/α-hetero) is 1. The van der Waals surface area contributed by atoms with Crippen LogP contribution in [0.2, 0.25) is 0 Å². The van der Waals surface area contributed by atoms with Crippen molar-refractivity contribution in [2.75, 3.05) is 0 Å². The second-order valence-corrected chi connectivity index (χ2v) is 6.33. The van der Waals surface area contributed by atoms with Crippen LogP contribution >= 0.6 is 0 Å². The van der Waals surface area contributed by atoms with E-state index in [2.05, 4.69) is 20.8 Å². The second-order valence-electron chi connectivity index (χ2n) is 6.33. The Labute approximate surface area is 92.1 Å². The zero-order chi connectivity index (χ0) is 11.3. The summed E-state index contributed by atoms with van der Waals surface area (Å²) >= 11 is 0. The fourth-order valence-corrected chi connectivity index (χ4v) is 3.71. The minimum atomic E-state index is -0.235. The van der Waals surface area contributed by atoms with Crippen molar-refractivity contribution in [3.63, 3.8) is 0 Å². The van der Waals surface area contributed by atoms with Gasteiger partial charge in [-0.25, -0.2) is 0 Å². The largest absolute Gasteiger partial charge is 0.393 e. The normalized spacial score (nSPS) is 44.9. The highest BCUT2D eigenvalue weighted by atomic mass is 16.3. The Balaban J connectivity index is 2.30. The van der Waals surface area contributed by atoms with Crippen LogP contribution in [-0.4, -0.2) is 17.0 Å². The van der Waals surface area contributed by atoms with Gasteiger partial charge in [0.2, 0.25) is 0 Å². The molecule has 0 bridgehead atoms. The van der Waals surface area contributed by atoms with Crippen molar-refractivity contribution in [3.8, 4) is 0 Å². The third kappa shape index (κ3) is 1.63. The van der Waals surface area contributed by atoms with E-state index in [1.807, 2.05) is 0 Å². The Kier molecular flexibility index (Phi) is 2.45. The van der Waals surface area contributed by atoms with E-state index in [1.165, 1.54) is 0 Å². The summed E-state index contributed by atoms with van der Waals surface area (Å²) in [5.41, 5.74) is 0.194. The molecule has 2 heteroatoms. The minimum Gasteiger partial charge on any atom is -0.393 e. The maximum atomic E-state index is 11.6. The van der Waals surface area contributed by atoms with Gasteiger partial charge in [-0.2, -0.15) is 0 Å². The molecule has 1 N–H and O–H groups in total. The molecule has 0 spiro atoms. The first-order chi connectivity index (χ1) is 6.86. The molecule has 0 aromatic rings. The summed E-state index contributed by atoms with van der Waals surface area (Å²) in [6, 6.07) is 0. The van der Waals surface area contributed by atoms with Crippen LogP contribution in [-0.2, 0) is 4.79 Å². The van der Waals surface area contributed by atoms with Gasteiger partial charge in [0.05, 0.1) is 6.10 Å². The Morgan fingerprint density at radius 2 is 1.93 bits per heavy atom. The van der Waals surface area contributed by atoms with E-state index in [-0.39, 0.29) is 16.9 Å². The monoisotopic (exact) mass is 210 g/mol. The van der Waals surface area contributed by atoms with Gasteiger partial charge in [0, 0.05) is 12.8 Å². The highest BCUT2D eigenvalue weighted by Gasteiger charge is 2.52. The molecule has 0 radical (unpaired) electrons. The molecule has 2 rings (SSSR count). The smallest absolute Gasteiger partial charge is 0.133 e. The van der Waals surface area contributed by atoms with Crippen LogP contribution < -0.4 is 0 Å². The van der Waals surface area contributed by atoms with Gasteiger partial charge in [-0.05, 0) is 36.0 Å². The highest BCUT2D eigenvalue weighted by molar-refractivity contribution is 5.79. The first kappa shape index (κ1) is 11.1. The molecule has 15 heavy (non-hydrogen) atoms. The van der Waals surface area contributed by atoms with Crippen LogP contribution in [0.15, 0.2) is 0 Å². The van der Waals surface area contributed by atoms with Crippen LogP contribution in [0.25, 0.3) is 0 Å². The van der Waals surface area contributed by atoms with Crippen LogP contribution in [0.4, 0.5) is 0 Å². The SMILES string of the molecule is CC1(C)[C@H]2CC(=O)CC[C@@]2(C)CC[C@@H]1O. The van der Waals surface area contributed by atoms with Crippen molar-refractivity contribution in [1.29, 1.82) is 0 Å². The summed E-state index contributed by atoms with van der Waals surface area (Å²) in [6.07, 6.45) is 4.19. The Morgan fingerprint density at radius 3 is 2.60 bits per heavy atom. The molecule has 2 aliphatic carbocycles. The highest BCUT2D eigenvalue weighted by Crippen LogP contribution is 2.56. The van der Waals surface area contributed by atoms with Crippen LogP contribution in [0.1, 0.15) is 52.9 Å². The number of carbonyl (C=O) groups excluding carboxylic acids is 1. The molecule has 3 atom stereocenters. The van der Waals surface area contributed by atoms with Gasteiger partial charge >= 0.3 is 0 Å². The predicted molar refractivity (Wildman–Crippen MR) is 59.5 cm³/mol. The van der Waals surface area contributed by atoms with Crippen molar-refractivity contribution in [2.45, 2.75) is 59.0 Å². The van der Waals surface area contributed by atoms with Crippen molar-refractivity contribution in [2.24, 2.45) is 16.7 Å². The van der Waals surface area contributed by atoms with Gasteiger partial charge in [-0.3, -0.25) is 4.79 Å². The van der Waals surface area contributed by atoms with E-state index in [1.54, 1.807) is 0 Å². The lowest BCUT2D eigenvalue weighted by Gasteiger charge is -2.55. The summed E-state index contributed by atoms with van der Waals surface area (Å²) in [5, 5.41) is 10.1. The van der Waals surface area contributed by atoms with Gasteiger partial charge in [-0.1, -0.05) is 20.8 Å². The average Bonchev–Trinajstić information content (AvgIpc) is 2.16. The minimum absolute atomic E-state index is 0.0942. The zero-order valence-corrected chi connectivity index (χ0v) is 10.0. The Morgan fingerprint density at radius 1 is 1.27 bits per heavy atom. The number of aliphatic hydroxyl groups is 1. The molecule has 86 valence electrons. The molecular weight excluding hydrogens is 188 g/mol. The average molecular weight is 210 g/mol. The summed E-state index contributed by atoms with van der Waals surface area (Å²) < 4.78 is 0. The molecule has 2 nitrogen and oxygen atoms in total. The first-order valence-electron chi connectivity index (χ1n) is 6.06. The Hall–Kier alpha value is -0.370. The number of carbonyl (C=O) groups is 1. The molecule has 0 unspecified atom stereocenters. The first-order valence-corrected chi connectivity index (χ1v) is 6.06. The zero-order valence-electron chi connectivity index (χ0n) is 10.0. The number of fused-ring (bicyclic) bond motifs is 1. The summed E-state index contributed by atoms with van der Waals surface area (Å²) in [7, 11) is 0. The molecular formula is C13H22O2. The van der Waals surface area contributed by atoms with Crippen LogP contribution in [0.5, 0.6) is 0 Å². The van der Waals surface area contributed by atoms with E-state index >= 15 is 0 Å². The van der Waals surface area contributed by atoms with Gasteiger partial charge in [0.15, 0.2) is 0 Å². The van der Waals surface area contributed by atoms with E-state index in [4.69, 9.17) is 0 Å². The summed E-state index contributed by atoms with van der Waals surface area (Å²) in [5.74, 6) is 0.759. The molecule has 0 heterocycles. The second kappa shape index (κ2) is 3.31. The van der Waals surface area contributed by atoms with Gasteiger partial charge in [-0.15, -0.1) is 0 Å². The molecule has 2 aliphatic rings. The third-order valence-corrected chi connectivity index (χ3v) is 4.99. The van der Waals surface area contributed by atoms with Gasteiger partial charge in [0.1, 0.15) is 5.78 Å². The third-order valence-electron chi connectivity index (χ3n) is 4.99. The number of ketones is 1. The van der Waals surface area contributed by atoms with E-state index in [0.29, 0.717) is 18.1 Å². The lowest BCUT2D eigenvalue weighted by Crippen LogP contribution is -2.52. The van der Waals surface area contributed by atoms with Crippen molar-refractivity contribution in [3.05, 3.63) is 0 Å². The lowest BCUT2D eigenvalue weighted by molar-refractivity contribution is -0.142. The fraction of sp³-hybridized carbons (Fsp3) is 0.923. The summed E-state index contributed by atoms with van der Waals surface area (Å²) in [4.78, 5) is 11.6. The lowest BCUT2D eigenvalue weighted by atomic mass is 9.50. The molecule has 0 saturated heterocycles. The number of rotatable bonds is 0. The van der Waals surface area contributed by atoms with Crippen LogP contribution in [0.3, 0.4) is 0 Å². The maximum Gasteiger partial charge on any atom is 0.133 e. The van der Waals surface area contributed by atoms with Crippen molar-refractivity contribution < 1.29 is 9.90 Å². The van der Waals surface area contributed by atoms with Crippen molar-refractivity contribution in [1.82, 2.24) is 0 Å². The molecule has 0 amide bonds.